The fraction of sp³-hybridized carbons (Fsp3) is 0.143. The topological polar surface area (TPSA) is 29.5 Å². The van der Waals surface area contributed by atoms with Crippen LogP contribution < -0.4 is 4.74 Å². The molecule has 0 unspecified atom stereocenters. The van der Waals surface area contributed by atoms with Crippen molar-refractivity contribution in [2.24, 2.45) is 0 Å². The van der Waals surface area contributed by atoms with E-state index in [4.69, 9.17) is 21.4 Å². The van der Waals surface area contributed by atoms with Crippen LogP contribution in [0.1, 0.15) is 11.1 Å². The molecule has 0 aliphatic heterocycles. The van der Waals surface area contributed by atoms with E-state index >= 15 is 0 Å². The third kappa shape index (κ3) is 3.05. The monoisotopic (exact) mass is 326 g/mol. The predicted molar refractivity (Wildman–Crippen MR) is 76.3 cm³/mol. The van der Waals surface area contributed by atoms with Crippen LogP contribution in [0.15, 0.2) is 40.9 Å². The van der Waals surface area contributed by atoms with Crippen molar-refractivity contribution in [2.45, 2.75) is 13.5 Å². The Morgan fingerprint density at radius 2 is 1.89 bits per heavy atom. The summed E-state index contributed by atoms with van der Waals surface area (Å²) < 4.78 is 6.77. The third-order valence-corrected chi connectivity index (χ3v) is 3.32. The minimum atomic E-state index is -0.0304. The average Bonchev–Trinajstić information content (AvgIpc) is 2.34. The van der Waals surface area contributed by atoms with Gasteiger partial charge in [-0.05, 0) is 48.4 Å². The molecule has 1 N–H and O–H groups in total. The smallest absolute Gasteiger partial charge is 0.146 e. The number of aryl methyl sites for hydroxylation is 1. The van der Waals surface area contributed by atoms with E-state index in [9.17, 15) is 0 Å². The molecule has 0 heterocycles. The molecule has 2 aromatic carbocycles. The molecule has 0 atom stereocenters. The van der Waals surface area contributed by atoms with Gasteiger partial charge in [-0.2, -0.15) is 0 Å². The molecule has 0 saturated heterocycles. The maximum atomic E-state index is 9.01. The summed E-state index contributed by atoms with van der Waals surface area (Å²) in [5, 5.41) is 9.50. The van der Waals surface area contributed by atoms with Crippen LogP contribution in [0.25, 0.3) is 0 Å². The highest BCUT2D eigenvalue weighted by atomic mass is 79.9. The molecule has 4 heteroatoms. The lowest BCUT2D eigenvalue weighted by Gasteiger charge is -2.11. The highest BCUT2D eigenvalue weighted by Gasteiger charge is 2.06. The molecule has 0 saturated carbocycles. The Balaban J connectivity index is 2.28. The van der Waals surface area contributed by atoms with E-state index < -0.39 is 0 Å². The molecule has 0 bridgehead atoms. The van der Waals surface area contributed by atoms with E-state index in [2.05, 4.69) is 15.9 Å². The molecular formula is C14H12BrClO2. The number of halogens is 2. The zero-order valence-corrected chi connectivity index (χ0v) is 12.1. The highest BCUT2D eigenvalue weighted by molar-refractivity contribution is 9.10. The number of ether oxygens (including phenoxy) is 1. The quantitative estimate of drug-likeness (QED) is 0.885. The number of benzene rings is 2. The van der Waals surface area contributed by atoms with Gasteiger partial charge in [-0.15, -0.1) is 0 Å². The van der Waals surface area contributed by atoms with Gasteiger partial charge in [0.2, 0.25) is 0 Å². The predicted octanol–water partition coefficient (Wildman–Crippen LogP) is 4.70. The van der Waals surface area contributed by atoms with Crippen molar-refractivity contribution in [3.8, 4) is 11.5 Å². The zero-order chi connectivity index (χ0) is 13.1. The van der Waals surface area contributed by atoms with Gasteiger partial charge in [0.05, 0.1) is 11.6 Å². The Morgan fingerprint density at radius 3 is 2.50 bits per heavy atom. The summed E-state index contributed by atoms with van der Waals surface area (Å²) in [7, 11) is 0. The van der Waals surface area contributed by atoms with Crippen molar-refractivity contribution >= 4 is 27.5 Å². The lowest BCUT2D eigenvalue weighted by Crippen LogP contribution is -1.90. The van der Waals surface area contributed by atoms with Crippen LogP contribution in [-0.4, -0.2) is 5.11 Å². The molecule has 0 aliphatic rings. The highest BCUT2D eigenvalue weighted by Crippen LogP contribution is 2.32. The third-order valence-electron chi connectivity index (χ3n) is 2.54. The van der Waals surface area contributed by atoms with E-state index in [0.29, 0.717) is 10.8 Å². The molecular weight excluding hydrogens is 316 g/mol. The second-order valence-electron chi connectivity index (χ2n) is 3.93. The average molecular weight is 328 g/mol. The number of aliphatic hydroxyl groups excluding tert-OH is 1. The summed E-state index contributed by atoms with van der Waals surface area (Å²) >= 11 is 9.50. The van der Waals surface area contributed by atoms with Gasteiger partial charge >= 0.3 is 0 Å². The fourth-order valence-corrected chi connectivity index (χ4v) is 2.29. The van der Waals surface area contributed by atoms with Gasteiger partial charge in [0.15, 0.2) is 0 Å². The second kappa shape index (κ2) is 5.74. The molecule has 18 heavy (non-hydrogen) atoms. The minimum absolute atomic E-state index is 0.0304. The van der Waals surface area contributed by atoms with E-state index in [0.717, 1.165) is 21.3 Å². The summed E-state index contributed by atoms with van der Waals surface area (Å²) in [6, 6.07) is 11.0. The van der Waals surface area contributed by atoms with Crippen LogP contribution in [0.4, 0.5) is 0 Å². The van der Waals surface area contributed by atoms with Crippen LogP contribution >= 0.6 is 27.5 Å². The molecule has 0 radical (unpaired) electrons. The first-order chi connectivity index (χ1) is 8.60. The van der Waals surface area contributed by atoms with E-state index in [1.54, 1.807) is 18.2 Å². The molecule has 0 amide bonds. The van der Waals surface area contributed by atoms with E-state index in [1.807, 2.05) is 25.1 Å². The molecule has 0 aliphatic carbocycles. The van der Waals surface area contributed by atoms with Gasteiger partial charge in [0.1, 0.15) is 11.5 Å². The van der Waals surface area contributed by atoms with Crippen molar-refractivity contribution in [3.63, 3.8) is 0 Å². The van der Waals surface area contributed by atoms with Crippen molar-refractivity contribution in [2.75, 3.05) is 0 Å². The number of aliphatic hydroxyl groups is 1. The summed E-state index contributed by atoms with van der Waals surface area (Å²) in [4.78, 5) is 0. The van der Waals surface area contributed by atoms with Gasteiger partial charge in [0, 0.05) is 4.47 Å². The molecule has 0 spiro atoms. The Kier molecular flexibility index (Phi) is 4.27. The van der Waals surface area contributed by atoms with Gasteiger partial charge in [0.25, 0.3) is 0 Å². The first-order valence-corrected chi connectivity index (χ1v) is 6.60. The van der Waals surface area contributed by atoms with Crippen LogP contribution in [0.3, 0.4) is 0 Å². The molecule has 2 nitrogen and oxygen atoms in total. The first-order valence-electron chi connectivity index (χ1n) is 5.43. The Hall–Kier alpha value is -1.03. The zero-order valence-electron chi connectivity index (χ0n) is 9.78. The SMILES string of the molecule is Cc1cc(Br)ccc1Oc1ccc(CO)cc1Cl. The lowest BCUT2D eigenvalue weighted by atomic mass is 10.2. The lowest BCUT2D eigenvalue weighted by molar-refractivity contribution is 0.281. The van der Waals surface area contributed by atoms with Crippen LogP contribution in [0.2, 0.25) is 5.02 Å². The maximum Gasteiger partial charge on any atom is 0.146 e. The summed E-state index contributed by atoms with van der Waals surface area (Å²) in [6.45, 7) is 1.94. The van der Waals surface area contributed by atoms with Gasteiger partial charge in [-0.3, -0.25) is 0 Å². The van der Waals surface area contributed by atoms with Crippen LogP contribution in [0, 0.1) is 6.92 Å². The van der Waals surface area contributed by atoms with Crippen LogP contribution in [-0.2, 0) is 6.61 Å². The fourth-order valence-electron chi connectivity index (χ4n) is 1.57. The van der Waals surface area contributed by atoms with Crippen molar-refractivity contribution in [1.29, 1.82) is 0 Å². The second-order valence-corrected chi connectivity index (χ2v) is 5.26. The molecule has 2 aromatic rings. The van der Waals surface area contributed by atoms with Gasteiger partial charge < -0.3 is 9.84 Å². The van der Waals surface area contributed by atoms with Crippen molar-refractivity contribution in [1.82, 2.24) is 0 Å². The maximum absolute atomic E-state index is 9.01. The van der Waals surface area contributed by atoms with Crippen molar-refractivity contribution in [3.05, 3.63) is 57.0 Å². The Morgan fingerprint density at radius 1 is 1.17 bits per heavy atom. The van der Waals surface area contributed by atoms with E-state index in [1.165, 1.54) is 0 Å². The Labute approximate surface area is 119 Å². The molecule has 0 fully saturated rings. The standard InChI is InChI=1S/C14H12BrClO2/c1-9-6-11(15)3-5-13(9)18-14-4-2-10(8-17)7-12(14)16/h2-7,17H,8H2,1H3. The number of hydrogen-bond donors (Lipinski definition) is 1. The summed E-state index contributed by atoms with van der Waals surface area (Å²) in [5.74, 6) is 1.34. The Bertz CT molecular complexity index is 570. The number of rotatable bonds is 3. The number of hydrogen-bond acceptors (Lipinski definition) is 2. The van der Waals surface area contributed by atoms with Gasteiger partial charge in [-0.25, -0.2) is 0 Å². The molecule has 0 aromatic heterocycles. The van der Waals surface area contributed by atoms with Crippen LogP contribution in [0.5, 0.6) is 11.5 Å². The molecule has 94 valence electrons. The van der Waals surface area contributed by atoms with E-state index in [-0.39, 0.29) is 6.61 Å². The van der Waals surface area contributed by atoms with Gasteiger partial charge in [-0.1, -0.05) is 33.6 Å². The normalized spacial score (nSPS) is 10.4. The molecule has 2 rings (SSSR count). The largest absolute Gasteiger partial charge is 0.456 e. The summed E-state index contributed by atoms with van der Waals surface area (Å²) in [5.41, 5.74) is 1.78. The first kappa shape index (κ1) is 13.4. The minimum Gasteiger partial charge on any atom is -0.456 e. The summed E-state index contributed by atoms with van der Waals surface area (Å²) in [6.07, 6.45) is 0. The van der Waals surface area contributed by atoms with Crippen molar-refractivity contribution < 1.29 is 9.84 Å².